The van der Waals surface area contributed by atoms with Crippen LogP contribution in [0.3, 0.4) is 0 Å². The number of carbonyl (C=O) groups excluding carboxylic acids is 1. The van der Waals surface area contributed by atoms with Crippen LogP contribution in [-0.4, -0.2) is 54.5 Å². The number of amides is 1. The minimum absolute atomic E-state index is 0.00273. The molecule has 1 saturated heterocycles. The smallest absolute Gasteiger partial charge is 0.289 e. The van der Waals surface area contributed by atoms with Gasteiger partial charge >= 0.3 is 0 Å². The quantitative estimate of drug-likeness (QED) is 0.885. The molecule has 1 aliphatic heterocycles. The Morgan fingerprint density at radius 1 is 1.42 bits per heavy atom. The maximum atomic E-state index is 12.3. The third-order valence-electron chi connectivity index (χ3n) is 3.92. The molecule has 1 aliphatic rings. The van der Waals surface area contributed by atoms with Crippen molar-refractivity contribution in [2.24, 2.45) is 5.73 Å². The molecule has 2 heterocycles. The third-order valence-corrected chi connectivity index (χ3v) is 3.92. The number of rotatable bonds is 4. The number of hydrogen-bond donors (Lipinski definition) is 1. The molecule has 1 aromatic heterocycles. The highest BCUT2D eigenvalue weighted by atomic mass is 16.3. The average molecular weight is 265 g/mol. The lowest BCUT2D eigenvalue weighted by Crippen LogP contribution is -2.53. The van der Waals surface area contributed by atoms with E-state index in [1.54, 1.807) is 6.26 Å². The Balaban J connectivity index is 1.93. The number of aryl methyl sites for hydroxylation is 1. The van der Waals surface area contributed by atoms with E-state index in [0.717, 1.165) is 38.2 Å². The first-order valence-electron chi connectivity index (χ1n) is 6.94. The third kappa shape index (κ3) is 2.98. The lowest BCUT2D eigenvalue weighted by Gasteiger charge is -2.38. The van der Waals surface area contributed by atoms with Gasteiger partial charge in [-0.25, -0.2) is 0 Å². The molecule has 1 aromatic rings. The highest BCUT2D eigenvalue weighted by Gasteiger charge is 2.27. The van der Waals surface area contributed by atoms with Crippen molar-refractivity contribution in [3.05, 3.63) is 23.7 Å². The van der Waals surface area contributed by atoms with E-state index in [9.17, 15) is 4.79 Å². The first kappa shape index (κ1) is 14.1. The van der Waals surface area contributed by atoms with E-state index in [1.807, 2.05) is 17.9 Å². The number of piperazine rings is 1. The van der Waals surface area contributed by atoms with E-state index < -0.39 is 0 Å². The van der Waals surface area contributed by atoms with Crippen LogP contribution in [0.25, 0.3) is 0 Å². The van der Waals surface area contributed by atoms with Gasteiger partial charge in [-0.2, -0.15) is 0 Å². The van der Waals surface area contributed by atoms with Gasteiger partial charge in [0.05, 0.1) is 6.26 Å². The summed E-state index contributed by atoms with van der Waals surface area (Å²) in [4.78, 5) is 16.5. The molecular weight excluding hydrogens is 242 g/mol. The van der Waals surface area contributed by atoms with Crippen LogP contribution in [0.2, 0.25) is 0 Å². The average Bonchev–Trinajstić information content (AvgIpc) is 2.86. The number of carbonyl (C=O) groups is 1. The van der Waals surface area contributed by atoms with Crippen LogP contribution in [0.15, 0.2) is 16.7 Å². The predicted molar refractivity (Wildman–Crippen MR) is 74.1 cm³/mol. The summed E-state index contributed by atoms with van der Waals surface area (Å²) in [6, 6.07) is 2.26. The van der Waals surface area contributed by atoms with Gasteiger partial charge in [0.1, 0.15) is 0 Å². The Labute approximate surface area is 114 Å². The van der Waals surface area contributed by atoms with Crippen molar-refractivity contribution < 1.29 is 9.21 Å². The lowest BCUT2D eigenvalue weighted by atomic mass is 10.1. The topological polar surface area (TPSA) is 62.7 Å². The lowest BCUT2D eigenvalue weighted by molar-refractivity contribution is 0.0542. The molecule has 19 heavy (non-hydrogen) atoms. The van der Waals surface area contributed by atoms with Gasteiger partial charge in [0.2, 0.25) is 0 Å². The summed E-state index contributed by atoms with van der Waals surface area (Å²) in [5.74, 6) is 0.474. The number of nitrogens with two attached hydrogens (primary N) is 1. The Kier molecular flexibility index (Phi) is 4.61. The highest BCUT2D eigenvalue weighted by molar-refractivity contribution is 5.92. The standard InChI is InChI=1S/C14H23N3O2/c1-3-12(10-15)16-5-7-17(8-6-16)14(18)13-11(2)4-9-19-13/h4,9,12H,3,5-8,10,15H2,1-2H3. The molecule has 0 bridgehead atoms. The zero-order valence-corrected chi connectivity index (χ0v) is 11.8. The summed E-state index contributed by atoms with van der Waals surface area (Å²) in [7, 11) is 0. The summed E-state index contributed by atoms with van der Waals surface area (Å²) in [6.45, 7) is 8.00. The minimum Gasteiger partial charge on any atom is -0.459 e. The van der Waals surface area contributed by atoms with Gasteiger partial charge in [-0.3, -0.25) is 9.69 Å². The molecule has 1 unspecified atom stereocenters. The molecule has 2 N–H and O–H groups in total. The first-order valence-corrected chi connectivity index (χ1v) is 6.94. The zero-order valence-electron chi connectivity index (χ0n) is 11.8. The van der Waals surface area contributed by atoms with Gasteiger partial charge in [0, 0.05) is 44.3 Å². The zero-order chi connectivity index (χ0) is 13.8. The van der Waals surface area contributed by atoms with E-state index in [1.165, 1.54) is 0 Å². The largest absolute Gasteiger partial charge is 0.459 e. The Morgan fingerprint density at radius 3 is 2.58 bits per heavy atom. The molecule has 0 spiro atoms. The number of furan rings is 1. The van der Waals surface area contributed by atoms with Crippen molar-refractivity contribution in [1.29, 1.82) is 0 Å². The van der Waals surface area contributed by atoms with E-state index in [4.69, 9.17) is 10.2 Å². The Bertz CT molecular complexity index is 418. The van der Waals surface area contributed by atoms with Crippen molar-refractivity contribution >= 4 is 5.91 Å². The molecule has 2 rings (SSSR count). The molecular formula is C14H23N3O2. The molecule has 0 aromatic carbocycles. The van der Waals surface area contributed by atoms with Crippen LogP contribution >= 0.6 is 0 Å². The first-order chi connectivity index (χ1) is 9.17. The monoisotopic (exact) mass is 265 g/mol. The molecule has 0 radical (unpaired) electrons. The van der Waals surface area contributed by atoms with Crippen LogP contribution in [0.4, 0.5) is 0 Å². The molecule has 1 amide bonds. The van der Waals surface area contributed by atoms with E-state index in [-0.39, 0.29) is 5.91 Å². The van der Waals surface area contributed by atoms with Crippen molar-refractivity contribution in [3.63, 3.8) is 0 Å². The van der Waals surface area contributed by atoms with Crippen molar-refractivity contribution in [2.45, 2.75) is 26.3 Å². The Morgan fingerprint density at radius 2 is 2.11 bits per heavy atom. The van der Waals surface area contributed by atoms with Crippen molar-refractivity contribution in [1.82, 2.24) is 9.80 Å². The van der Waals surface area contributed by atoms with Gasteiger partial charge < -0.3 is 15.1 Å². The van der Waals surface area contributed by atoms with Crippen LogP contribution in [0.5, 0.6) is 0 Å². The molecule has 5 nitrogen and oxygen atoms in total. The van der Waals surface area contributed by atoms with E-state index >= 15 is 0 Å². The summed E-state index contributed by atoms with van der Waals surface area (Å²) >= 11 is 0. The molecule has 0 saturated carbocycles. The van der Waals surface area contributed by atoms with E-state index in [2.05, 4.69) is 11.8 Å². The molecule has 106 valence electrons. The summed E-state index contributed by atoms with van der Waals surface area (Å²) in [5, 5.41) is 0. The van der Waals surface area contributed by atoms with Gasteiger partial charge in [0.15, 0.2) is 5.76 Å². The second kappa shape index (κ2) is 6.21. The molecule has 0 aliphatic carbocycles. The minimum atomic E-state index is 0.00273. The highest BCUT2D eigenvalue weighted by Crippen LogP contribution is 2.15. The van der Waals surface area contributed by atoms with Crippen molar-refractivity contribution in [3.8, 4) is 0 Å². The number of hydrogen-bond acceptors (Lipinski definition) is 4. The summed E-state index contributed by atoms with van der Waals surface area (Å²) in [5.41, 5.74) is 6.67. The fraction of sp³-hybridized carbons (Fsp3) is 0.643. The predicted octanol–water partition coefficient (Wildman–Crippen LogP) is 1.08. The maximum Gasteiger partial charge on any atom is 0.289 e. The van der Waals surface area contributed by atoms with Crippen LogP contribution < -0.4 is 5.73 Å². The van der Waals surface area contributed by atoms with Gasteiger partial charge in [-0.15, -0.1) is 0 Å². The van der Waals surface area contributed by atoms with Crippen LogP contribution in [0.1, 0.15) is 29.5 Å². The number of nitrogens with zero attached hydrogens (tertiary/aromatic N) is 2. The van der Waals surface area contributed by atoms with Crippen LogP contribution in [-0.2, 0) is 0 Å². The fourth-order valence-electron chi connectivity index (χ4n) is 2.60. The normalized spacial score (nSPS) is 18.6. The van der Waals surface area contributed by atoms with Gasteiger partial charge in [0.25, 0.3) is 5.91 Å². The second-order valence-electron chi connectivity index (χ2n) is 5.06. The second-order valence-corrected chi connectivity index (χ2v) is 5.06. The maximum absolute atomic E-state index is 12.3. The molecule has 5 heteroatoms. The van der Waals surface area contributed by atoms with E-state index in [0.29, 0.717) is 18.3 Å². The summed E-state index contributed by atoms with van der Waals surface area (Å²) < 4.78 is 5.27. The molecule has 1 atom stereocenters. The van der Waals surface area contributed by atoms with Crippen molar-refractivity contribution in [2.75, 3.05) is 32.7 Å². The SMILES string of the molecule is CCC(CN)N1CCN(C(=O)c2occc2C)CC1. The summed E-state index contributed by atoms with van der Waals surface area (Å²) in [6.07, 6.45) is 2.63. The van der Waals surface area contributed by atoms with Crippen LogP contribution in [0, 0.1) is 6.92 Å². The molecule has 1 fully saturated rings. The van der Waals surface area contributed by atoms with Gasteiger partial charge in [-0.05, 0) is 19.4 Å². The Hall–Kier alpha value is -1.33. The fourth-order valence-corrected chi connectivity index (χ4v) is 2.60. The van der Waals surface area contributed by atoms with Gasteiger partial charge in [-0.1, -0.05) is 6.92 Å².